The summed E-state index contributed by atoms with van der Waals surface area (Å²) in [5.41, 5.74) is 4.23. The number of anilines is 1. The van der Waals surface area contributed by atoms with Gasteiger partial charge in [-0.15, -0.1) is 0 Å². The van der Waals surface area contributed by atoms with Gasteiger partial charge in [-0.05, 0) is 70.1 Å². The number of unbranched alkanes of at least 4 members (excludes halogenated alkanes) is 1. The molecule has 3 aromatic rings. The number of ether oxygens (including phenoxy) is 1. The molecule has 0 unspecified atom stereocenters. The zero-order chi connectivity index (χ0) is 22.9. The summed E-state index contributed by atoms with van der Waals surface area (Å²) in [6.45, 7) is 3.41. The molecule has 170 valence electrons. The van der Waals surface area contributed by atoms with E-state index in [2.05, 4.69) is 30.2 Å². The summed E-state index contributed by atoms with van der Waals surface area (Å²) in [6, 6.07) is 7.83. The molecule has 0 aliphatic carbocycles. The van der Waals surface area contributed by atoms with Crippen molar-refractivity contribution in [2.45, 2.75) is 39.2 Å². The highest BCUT2D eigenvalue weighted by Crippen LogP contribution is 2.17. The van der Waals surface area contributed by atoms with Crippen molar-refractivity contribution in [3.63, 3.8) is 0 Å². The monoisotopic (exact) mass is 436 g/mol. The molecule has 0 aliphatic rings. The normalized spacial score (nSPS) is 11.0. The Morgan fingerprint density at radius 2 is 2.00 bits per heavy atom. The van der Waals surface area contributed by atoms with Gasteiger partial charge in [0.1, 0.15) is 5.75 Å². The lowest BCUT2D eigenvalue weighted by molar-refractivity contribution is 0.402. The molecular formula is C24H32N6O2. The fourth-order valence-electron chi connectivity index (χ4n) is 3.59. The number of pyridine rings is 2. The standard InChI is InChI=1S/C24H32N6O2/c1-17-20(15-19-14-18(10-13-25-19)16-30(2)3)23(31)29-24(28-17)27-11-6-5-8-21-22(32-4)9-7-12-26-21/h7,9-10,12-14H,5-6,8,11,15-16H2,1-4H3,(H2,27,28,29,31). The lowest BCUT2D eigenvalue weighted by atomic mass is 10.1. The van der Waals surface area contributed by atoms with Gasteiger partial charge in [-0.25, -0.2) is 4.98 Å². The highest BCUT2D eigenvalue weighted by molar-refractivity contribution is 5.32. The Morgan fingerprint density at radius 3 is 2.75 bits per heavy atom. The molecule has 8 heteroatoms. The molecule has 0 saturated carbocycles. The third kappa shape index (κ3) is 6.62. The van der Waals surface area contributed by atoms with Crippen molar-refractivity contribution in [2.75, 3.05) is 33.1 Å². The van der Waals surface area contributed by atoms with Gasteiger partial charge in [-0.1, -0.05) is 0 Å². The van der Waals surface area contributed by atoms with Crippen molar-refractivity contribution in [1.29, 1.82) is 0 Å². The first-order chi connectivity index (χ1) is 15.5. The maximum atomic E-state index is 12.7. The first kappa shape index (κ1) is 23.4. The molecule has 32 heavy (non-hydrogen) atoms. The van der Waals surface area contributed by atoms with Crippen LogP contribution in [0.2, 0.25) is 0 Å². The average Bonchev–Trinajstić information content (AvgIpc) is 2.76. The Kier molecular flexibility index (Phi) is 8.33. The molecule has 0 aromatic carbocycles. The highest BCUT2D eigenvalue weighted by Gasteiger charge is 2.11. The quantitative estimate of drug-likeness (QED) is 0.446. The first-order valence-electron chi connectivity index (χ1n) is 10.9. The van der Waals surface area contributed by atoms with Crippen LogP contribution in [0.25, 0.3) is 0 Å². The number of nitrogens with zero attached hydrogens (tertiary/aromatic N) is 4. The van der Waals surface area contributed by atoms with Crippen LogP contribution in [0.4, 0.5) is 5.95 Å². The second-order valence-electron chi connectivity index (χ2n) is 8.08. The van der Waals surface area contributed by atoms with Gasteiger partial charge in [0, 0.05) is 43.2 Å². The number of H-pyrrole nitrogens is 1. The molecule has 2 N–H and O–H groups in total. The number of hydrogen-bond donors (Lipinski definition) is 2. The predicted octanol–water partition coefficient (Wildman–Crippen LogP) is 2.96. The van der Waals surface area contributed by atoms with E-state index in [1.807, 2.05) is 45.3 Å². The zero-order valence-electron chi connectivity index (χ0n) is 19.3. The van der Waals surface area contributed by atoms with Crippen LogP contribution < -0.4 is 15.6 Å². The predicted molar refractivity (Wildman–Crippen MR) is 126 cm³/mol. The van der Waals surface area contributed by atoms with E-state index >= 15 is 0 Å². The van der Waals surface area contributed by atoms with Crippen molar-refractivity contribution >= 4 is 5.95 Å². The van der Waals surface area contributed by atoms with Crippen LogP contribution in [0.5, 0.6) is 5.75 Å². The van der Waals surface area contributed by atoms with Crippen molar-refractivity contribution in [1.82, 2.24) is 24.8 Å². The van der Waals surface area contributed by atoms with E-state index in [0.29, 0.717) is 30.2 Å². The molecule has 3 rings (SSSR count). The average molecular weight is 437 g/mol. The smallest absolute Gasteiger partial charge is 0.256 e. The number of hydrogen-bond acceptors (Lipinski definition) is 7. The summed E-state index contributed by atoms with van der Waals surface area (Å²) in [4.78, 5) is 31.0. The summed E-state index contributed by atoms with van der Waals surface area (Å²) < 4.78 is 5.34. The van der Waals surface area contributed by atoms with Crippen LogP contribution >= 0.6 is 0 Å². The summed E-state index contributed by atoms with van der Waals surface area (Å²) in [6.07, 6.45) is 6.75. The van der Waals surface area contributed by atoms with E-state index in [-0.39, 0.29) is 5.56 Å². The van der Waals surface area contributed by atoms with Crippen LogP contribution in [-0.4, -0.2) is 52.6 Å². The summed E-state index contributed by atoms with van der Waals surface area (Å²) in [5, 5.41) is 3.22. The summed E-state index contributed by atoms with van der Waals surface area (Å²) >= 11 is 0. The van der Waals surface area contributed by atoms with Crippen LogP contribution in [0.1, 0.15) is 41.1 Å². The van der Waals surface area contributed by atoms with Gasteiger partial charge in [0.15, 0.2) is 0 Å². The van der Waals surface area contributed by atoms with Crippen LogP contribution in [-0.2, 0) is 19.4 Å². The highest BCUT2D eigenvalue weighted by atomic mass is 16.5. The number of aromatic amines is 1. The van der Waals surface area contributed by atoms with Gasteiger partial charge in [-0.2, -0.15) is 0 Å². The molecule has 0 radical (unpaired) electrons. The number of aromatic nitrogens is 4. The van der Waals surface area contributed by atoms with Crippen LogP contribution in [0.3, 0.4) is 0 Å². The molecule has 0 spiro atoms. The van der Waals surface area contributed by atoms with Crippen molar-refractivity contribution in [3.05, 3.63) is 75.2 Å². The third-order valence-corrected chi connectivity index (χ3v) is 5.16. The second kappa shape index (κ2) is 11.4. The van der Waals surface area contributed by atoms with Crippen molar-refractivity contribution in [2.24, 2.45) is 0 Å². The fraction of sp³-hybridized carbons (Fsp3) is 0.417. The lowest BCUT2D eigenvalue weighted by Crippen LogP contribution is -2.20. The van der Waals surface area contributed by atoms with Gasteiger partial charge in [-0.3, -0.25) is 19.7 Å². The molecule has 0 bridgehead atoms. The maximum Gasteiger partial charge on any atom is 0.256 e. The van der Waals surface area contributed by atoms with E-state index in [1.54, 1.807) is 19.5 Å². The molecule has 0 aliphatic heterocycles. The molecule has 3 heterocycles. The van der Waals surface area contributed by atoms with Crippen LogP contribution in [0, 0.1) is 6.92 Å². The molecule has 0 fully saturated rings. The second-order valence-corrected chi connectivity index (χ2v) is 8.08. The summed E-state index contributed by atoms with van der Waals surface area (Å²) in [7, 11) is 5.71. The zero-order valence-corrected chi connectivity index (χ0v) is 19.3. The maximum absolute atomic E-state index is 12.7. The number of methoxy groups -OCH3 is 1. The van der Waals surface area contributed by atoms with E-state index in [1.165, 1.54) is 5.56 Å². The molecule has 8 nitrogen and oxygen atoms in total. The van der Waals surface area contributed by atoms with E-state index in [0.717, 1.165) is 42.9 Å². The topological polar surface area (TPSA) is 96.0 Å². The number of aryl methyl sites for hydroxylation is 2. The van der Waals surface area contributed by atoms with Gasteiger partial charge >= 0.3 is 0 Å². The minimum atomic E-state index is -0.127. The first-order valence-corrected chi connectivity index (χ1v) is 10.9. The minimum absolute atomic E-state index is 0.127. The summed E-state index contributed by atoms with van der Waals surface area (Å²) in [5.74, 6) is 1.32. The third-order valence-electron chi connectivity index (χ3n) is 5.16. The van der Waals surface area contributed by atoms with Crippen LogP contribution in [0.15, 0.2) is 41.5 Å². The van der Waals surface area contributed by atoms with E-state index in [9.17, 15) is 4.79 Å². The lowest BCUT2D eigenvalue weighted by Gasteiger charge is -2.11. The van der Waals surface area contributed by atoms with Gasteiger partial charge in [0.25, 0.3) is 5.56 Å². The Hall–Kier alpha value is -3.26. The Morgan fingerprint density at radius 1 is 1.16 bits per heavy atom. The molecule has 3 aromatic heterocycles. The number of rotatable bonds is 11. The molecule has 0 saturated heterocycles. The van der Waals surface area contributed by atoms with E-state index in [4.69, 9.17) is 4.74 Å². The Labute approximate surface area is 189 Å². The van der Waals surface area contributed by atoms with Gasteiger partial charge in [0.2, 0.25) is 5.95 Å². The van der Waals surface area contributed by atoms with Crippen molar-refractivity contribution in [3.8, 4) is 5.75 Å². The molecule has 0 amide bonds. The molecule has 0 atom stereocenters. The van der Waals surface area contributed by atoms with Gasteiger partial charge < -0.3 is 15.0 Å². The fourth-order valence-corrected chi connectivity index (χ4v) is 3.59. The Balaban J connectivity index is 1.55. The Bertz CT molecular complexity index is 1080. The van der Waals surface area contributed by atoms with Crippen molar-refractivity contribution < 1.29 is 4.74 Å². The SMILES string of the molecule is COc1cccnc1CCCCNc1nc(C)c(Cc2cc(CN(C)C)ccn2)c(=O)[nH]1. The van der Waals surface area contributed by atoms with E-state index < -0.39 is 0 Å². The van der Waals surface area contributed by atoms with Gasteiger partial charge in [0.05, 0.1) is 18.5 Å². The largest absolute Gasteiger partial charge is 0.495 e. The molecular weight excluding hydrogens is 404 g/mol. The number of nitrogens with one attached hydrogen (secondary N) is 2. The minimum Gasteiger partial charge on any atom is -0.495 e.